The summed E-state index contributed by atoms with van der Waals surface area (Å²) >= 11 is 0. The second kappa shape index (κ2) is 7.51. The highest BCUT2D eigenvalue weighted by Crippen LogP contribution is 2.30. The molecule has 5 heteroatoms. The van der Waals surface area contributed by atoms with Crippen molar-refractivity contribution in [3.05, 3.63) is 29.8 Å². The minimum absolute atomic E-state index is 0.101. The maximum atomic E-state index is 11.5. The molecule has 0 aliphatic carbocycles. The van der Waals surface area contributed by atoms with Gasteiger partial charge in [-0.25, -0.2) is 4.98 Å². The van der Waals surface area contributed by atoms with E-state index in [1.54, 1.807) is 0 Å². The van der Waals surface area contributed by atoms with Gasteiger partial charge in [0.1, 0.15) is 19.7 Å². The second-order valence-electron chi connectivity index (χ2n) is 8.00. The average molecular weight is 366 g/mol. The molecule has 136 valence electrons. The van der Waals surface area contributed by atoms with Gasteiger partial charge < -0.3 is 10.2 Å². The van der Waals surface area contributed by atoms with Crippen LogP contribution in [0.3, 0.4) is 0 Å². The summed E-state index contributed by atoms with van der Waals surface area (Å²) in [5, 5.41) is 5.05. The van der Waals surface area contributed by atoms with Crippen molar-refractivity contribution in [2.24, 2.45) is 0 Å². The number of rotatable bonds is 2. The Morgan fingerprint density at radius 2 is 1.88 bits per heavy atom. The van der Waals surface area contributed by atoms with E-state index in [0.29, 0.717) is 5.82 Å². The van der Waals surface area contributed by atoms with Gasteiger partial charge in [-0.05, 0) is 48.9 Å². The maximum Gasteiger partial charge on any atom is 0.222 e. The molecule has 1 amide bonds. The number of aromatic nitrogens is 1. The number of hydrogen-bond acceptors (Lipinski definition) is 3. The van der Waals surface area contributed by atoms with Gasteiger partial charge in [0.15, 0.2) is 0 Å². The number of pyridine rings is 1. The Kier molecular flexibility index (Phi) is 5.33. The summed E-state index contributed by atoms with van der Waals surface area (Å²) in [4.78, 5) is 18.6. The Balaban J connectivity index is 2.09. The molecule has 2 aromatic rings. The first-order chi connectivity index (χ1) is 12.3. The van der Waals surface area contributed by atoms with E-state index in [0.717, 1.165) is 35.2 Å². The highest BCUT2D eigenvalue weighted by molar-refractivity contribution is 6.83. The third-order valence-corrected chi connectivity index (χ3v) is 5.23. The standard InChI is InChI=1S/C21H27N3OSi/c1-16(25)22-20-15-18-14-17(10-13-26(2,3)4)8-9-19(18)21(23-20)24-11-6-5-7-12-24/h8-9,14-15H,5-7,11-12H2,1-4H3,(H,22,23,25). The number of piperidine rings is 1. The molecule has 2 heterocycles. The first-order valence-electron chi connectivity index (χ1n) is 9.32. The van der Waals surface area contributed by atoms with E-state index >= 15 is 0 Å². The summed E-state index contributed by atoms with van der Waals surface area (Å²) < 4.78 is 0. The van der Waals surface area contributed by atoms with Crippen LogP contribution in [0.5, 0.6) is 0 Å². The fraction of sp³-hybridized carbons (Fsp3) is 0.429. The highest BCUT2D eigenvalue weighted by atomic mass is 28.3. The van der Waals surface area contributed by atoms with Gasteiger partial charge in [-0.2, -0.15) is 0 Å². The summed E-state index contributed by atoms with van der Waals surface area (Å²) in [7, 11) is -1.42. The number of nitrogens with one attached hydrogen (secondary N) is 1. The van der Waals surface area contributed by atoms with Crippen LogP contribution in [-0.4, -0.2) is 32.1 Å². The van der Waals surface area contributed by atoms with Crippen molar-refractivity contribution in [1.29, 1.82) is 0 Å². The van der Waals surface area contributed by atoms with Crippen molar-refractivity contribution in [2.75, 3.05) is 23.3 Å². The molecule has 1 fully saturated rings. The lowest BCUT2D eigenvalue weighted by molar-refractivity contribution is -0.114. The largest absolute Gasteiger partial charge is 0.356 e. The van der Waals surface area contributed by atoms with Gasteiger partial charge >= 0.3 is 0 Å². The quantitative estimate of drug-likeness (QED) is 0.633. The van der Waals surface area contributed by atoms with E-state index in [1.165, 1.54) is 26.2 Å². The third-order valence-electron chi connectivity index (χ3n) is 4.35. The fourth-order valence-electron chi connectivity index (χ4n) is 3.17. The lowest BCUT2D eigenvalue weighted by Crippen LogP contribution is -2.30. The van der Waals surface area contributed by atoms with Crippen LogP contribution in [0, 0.1) is 11.5 Å². The predicted octanol–water partition coefficient (Wildman–Crippen LogP) is 4.41. The highest BCUT2D eigenvalue weighted by Gasteiger charge is 2.17. The van der Waals surface area contributed by atoms with Crippen molar-refractivity contribution in [1.82, 2.24) is 4.98 Å². The number of anilines is 2. The molecule has 1 aromatic carbocycles. The topological polar surface area (TPSA) is 45.2 Å². The number of benzene rings is 1. The lowest BCUT2D eigenvalue weighted by Gasteiger charge is -2.29. The molecule has 1 aliphatic rings. The smallest absolute Gasteiger partial charge is 0.222 e. The van der Waals surface area contributed by atoms with E-state index < -0.39 is 8.07 Å². The van der Waals surface area contributed by atoms with Crippen LogP contribution in [-0.2, 0) is 4.79 Å². The number of hydrogen-bond donors (Lipinski definition) is 1. The normalized spacial score (nSPS) is 14.7. The van der Waals surface area contributed by atoms with Gasteiger partial charge in [0.05, 0.1) is 0 Å². The van der Waals surface area contributed by atoms with Gasteiger partial charge in [0, 0.05) is 31.0 Å². The minimum Gasteiger partial charge on any atom is -0.356 e. The van der Waals surface area contributed by atoms with Gasteiger partial charge in [-0.15, -0.1) is 5.54 Å². The zero-order chi connectivity index (χ0) is 18.7. The Morgan fingerprint density at radius 3 is 2.54 bits per heavy atom. The van der Waals surface area contributed by atoms with E-state index in [1.807, 2.05) is 6.07 Å². The monoisotopic (exact) mass is 365 g/mol. The van der Waals surface area contributed by atoms with Crippen molar-refractivity contribution < 1.29 is 4.79 Å². The fourth-order valence-corrected chi connectivity index (χ4v) is 3.69. The van der Waals surface area contributed by atoms with Crippen LogP contribution in [0.2, 0.25) is 19.6 Å². The zero-order valence-corrected chi connectivity index (χ0v) is 17.1. The molecular weight excluding hydrogens is 338 g/mol. The van der Waals surface area contributed by atoms with Gasteiger partial charge in [-0.3, -0.25) is 4.79 Å². The molecule has 0 radical (unpaired) electrons. The molecule has 4 nitrogen and oxygen atoms in total. The van der Waals surface area contributed by atoms with Crippen molar-refractivity contribution in [3.8, 4) is 11.5 Å². The second-order valence-corrected chi connectivity index (χ2v) is 12.7. The van der Waals surface area contributed by atoms with E-state index in [2.05, 4.69) is 59.5 Å². The van der Waals surface area contributed by atoms with Gasteiger partial charge in [0.2, 0.25) is 5.91 Å². The molecule has 0 unspecified atom stereocenters. The maximum absolute atomic E-state index is 11.5. The summed E-state index contributed by atoms with van der Waals surface area (Å²) in [6, 6.07) is 8.27. The molecule has 26 heavy (non-hydrogen) atoms. The molecule has 1 aromatic heterocycles. The molecule has 3 rings (SSSR count). The van der Waals surface area contributed by atoms with E-state index in [-0.39, 0.29) is 5.91 Å². The zero-order valence-electron chi connectivity index (χ0n) is 16.1. The summed E-state index contributed by atoms with van der Waals surface area (Å²) in [5.74, 6) is 4.81. The predicted molar refractivity (Wildman–Crippen MR) is 112 cm³/mol. The summed E-state index contributed by atoms with van der Waals surface area (Å²) in [6.07, 6.45) is 3.65. The first-order valence-corrected chi connectivity index (χ1v) is 12.8. The number of nitrogens with zero attached hydrogens (tertiary/aromatic N) is 2. The van der Waals surface area contributed by atoms with Crippen LogP contribution >= 0.6 is 0 Å². The van der Waals surface area contributed by atoms with Gasteiger partial charge in [0.25, 0.3) is 0 Å². The Labute approximate surface area is 157 Å². The molecule has 1 aliphatic heterocycles. The first kappa shape index (κ1) is 18.5. The minimum atomic E-state index is -1.42. The molecule has 1 N–H and O–H groups in total. The van der Waals surface area contributed by atoms with E-state index in [4.69, 9.17) is 4.98 Å². The average Bonchev–Trinajstić information content (AvgIpc) is 2.58. The van der Waals surface area contributed by atoms with Crippen LogP contribution in [0.25, 0.3) is 10.8 Å². The number of fused-ring (bicyclic) bond motifs is 1. The molecule has 0 saturated carbocycles. The van der Waals surface area contributed by atoms with Gasteiger partial charge in [-0.1, -0.05) is 25.6 Å². The number of amides is 1. The third kappa shape index (κ3) is 4.64. The number of carbonyl (C=O) groups excluding carboxylic acids is 1. The Bertz CT molecular complexity index is 884. The van der Waals surface area contributed by atoms with Crippen molar-refractivity contribution >= 4 is 36.4 Å². The molecule has 0 spiro atoms. The summed E-state index contributed by atoms with van der Waals surface area (Å²) in [5.41, 5.74) is 4.44. The number of carbonyl (C=O) groups is 1. The Hall–Kier alpha value is -2.32. The Morgan fingerprint density at radius 1 is 1.15 bits per heavy atom. The molecule has 0 atom stereocenters. The van der Waals surface area contributed by atoms with Crippen molar-refractivity contribution in [3.63, 3.8) is 0 Å². The molecule has 0 bridgehead atoms. The lowest BCUT2D eigenvalue weighted by atomic mass is 10.1. The molecular formula is C21H27N3OSi. The van der Waals surface area contributed by atoms with Crippen LogP contribution in [0.1, 0.15) is 31.7 Å². The van der Waals surface area contributed by atoms with Crippen LogP contribution in [0.4, 0.5) is 11.6 Å². The van der Waals surface area contributed by atoms with Crippen LogP contribution in [0.15, 0.2) is 24.3 Å². The SMILES string of the molecule is CC(=O)Nc1cc2cc(C#C[Si](C)(C)C)ccc2c(N2CCCCC2)n1. The van der Waals surface area contributed by atoms with E-state index in [9.17, 15) is 4.79 Å². The van der Waals surface area contributed by atoms with Crippen molar-refractivity contribution in [2.45, 2.75) is 45.8 Å². The summed E-state index contributed by atoms with van der Waals surface area (Å²) in [6.45, 7) is 10.3. The van der Waals surface area contributed by atoms with Crippen LogP contribution < -0.4 is 10.2 Å². The molecule has 1 saturated heterocycles.